The molecule has 2 atom stereocenters. The summed E-state index contributed by atoms with van der Waals surface area (Å²) in [4.78, 5) is 37.2. The number of nitrogens with zero attached hydrogens (tertiary/aromatic N) is 1. The van der Waals surface area contributed by atoms with Crippen LogP contribution >= 0.6 is 0 Å². The Bertz CT molecular complexity index is 1050. The van der Waals surface area contributed by atoms with Gasteiger partial charge in [-0.1, -0.05) is 264 Å². The number of unbranched alkanes of at least 4 members (excludes halogenated alkanes) is 39. The highest BCUT2D eigenvalue weighted by Gasteiger charge is 2.22. The zero-order chi connectivity index (χ0) is 48.4. The summed E-state index contributed by atoms with van der Waals surface area (Å²) in [6.07, 6.45) is 51.4. The van der Waals surface area contributed by atoms with Crippen molar-refractivity contribution in [3.05, 3.63) is 0 Å². The van der Waals surface area contributed by atoms with E-state index in [0.717, 1.165) is 38.5 Å². The molecular weight excluding hydrogens is 827 g/mol. The molecule has 0 aliphatic heterocycles. The first-order valence-corrected chi connectivity index (χ1v) is 28.7. The van der Waals surface area contributed by atoms with Gasteiger partial charge in [0.05, 0.1) is 40.3 Å². The van der Waals surface area contributed by atoms with Crippen molar-refractivity contribution in [1.82, 2.24) is 0 Å². The van der Waals surface area contributed by atoms with Crippen LogP contribution in [0.1, 0.15) is 290 Å². The highest BCUT2D eigenvalue weighted by molar-refractivity contribution is 5.70. The van der Waals surface area contributed by atoms with Crippen LogP contribution in [-0.4, -0.2) is 82.3 Å². The molecule has 0 amide bonds. The van der Waals surface area contributed by atoms with Gasteiger partial charge in [-0.25, -0.2) is 0 Å². The minimum absolute atomic E-state index is 0.153. The molecule has 0 fully saturated rings. The first-order chi connectivity index (χ1) is 32.1. The molecule has 9 nitrogen and oxygen atoms in total. The van der Waals surface area contributed by atoms with Crippen LogP contribution in [-0.2, 0) is 33.3 Å². The van der Waals surface area contributed by atoms with Crippen LogP contribution in [0.15, 0.2) is 0 Å². The lowest BCUT2D eigenvalue weighted by Crippen LogP contribution is -2.44. The predicted molar refractivity (Wildman–Crippen MR) is 274 cm³/mol. The smallest absolute Gasteiger partial charge is 0.306 e. The van der Waals surface area contributed by atoms with E-state index in [1.54, 1.807) is 0 Å². The number of hydrogen-bond donors (Lipinski definition) is 0. The fraction of sp³-hybridized carbons (Fsp3) is 0.947. The maximum atomic E-state index is 12.8. The normalized spacial score (nSPS) is 12.7. The lowest BCUT2D eigenvalue weighted by atomic mass is 10.0. The Morgan fingerprint density at radius 3 is 0.970 bits per heavy atom. The molecule has 0 heterocycles. The van der Waals surface area contributed by atoms with E-state index in [1.165, 1.54) is 225 Å². The molecule has 0 saturated carbocycles. The molecule has 0 saturated heterocycles. The summed E-state index contributed by atoms with van der Waals surface area (Å²) in [5.74, 6) is -2.25. The molecule has 9 heteroatoms. The Balaban J connectivity index is 4.20. The predicted octanol–water partition coefficient (Wildman–Crippen LogP) is 15.1. The molecule has 0 aromatic heterocycles. The van der Waals surface area contributed by atoms with Gasteiger partial charge in [0.2, 0.25) is 0 Å². The molecule has 0 radical (unpaired) electrons. The van der Waals surface area contributed by atoms with Crippen molar-refractivity contribution < 1.29 is 42.9 Å². The van der Waals surface area contributed by atoms with Crippen LogP contribution in [0.5, 0.6) is 0 Å². The van der Waals surface area contributed by atoms with Crippen LogP contribution in [0.4, 0.5) is 0 Å². The summed E-state index contributed by atoms with van der Waals surface area (Å²) < 4.78 is 22.7. The summed E-state index contributed by atoms with van der Waals surface area (Å²) in [5.41, 5.74) is 0. The van der Waals surface area contributed by atoms with Crippen molar-refractivity contribution in [2.75, 3.05) is 47.5 Å². The van der Waals surface area contributed by atoms with Gasteiger partial charge in [-0.05, 0) is 12.8 Å². The van der Waals surface area contributed by atoms with Gasteiger partial charge < -0.3 is 33.3 Å². The topological polar surface area (TPSA) is 111 Å². The zero-order valence-electron chi connectivity index (χ0n) is 44.6. The second kappa shape index (κ2) is 49.7. The van der Waals surface area contributed by atoms with Gasteiger partial charge >= 0.3 is 11.9 Å². The van der Waals surface area contributed by atoms with Gasteiger partial charge in [-0.15, -0.1) is 0 Å². The van der Waals surface area contributed by atoms with E-state index in [1.807, 2.05) is 21.1 Å². The average molecular weight is 939 g/mol. The SMILES string of the molecule is CCCCCCCCCCCCCCCCCCCCCCCCCC(=O)OC(COC(=O)CCCCCCCCCCCCCCCCCCCC)COC(OCC[N+](C)(C)C)C(=O)[O-]. The largest absolute Gasteiger partial charge is 0.545 e. The van der Waals surface area contributed by atoms with Crippen LogP contribution in [0, 0.1) is 0 Å². The number of carboxylic acid groups (broad SMARTS) is 1. The molecule has 0 spiro atoms. The lowest BCUT2D eigenvalue weighted by molar-refractivity contribution is -0.870. The Morgan fingerprint density at radius 1 is 0.394 bits per heavy atom. The van der Waals surface area contributed by atoms with Crippen molar-refractivity contribution in [3.8, 4) is 0 Å². The third-order valence-corrected chi connectivity index (χ3v) is 13.1. The molecule has 0 bridgehead atoms. The standard InChI is InChI=1S/C57H111NO8/c1-6-8-10-12-14-16-18-20-22-24-26-27-28-29-30-32-34-36-38-40-42-44-46-48-55(60)66-53(52-65-57(56(61)62)63-50-49-58(3,4)5)51-64-54(59)47-45-43-41-39-37-35-33-31-25-23-21-19-17-15-13-11-9-7-2/h53,57H,6-52H2,1-5H3. The van der Waals surface area contributed by atoms with E-state index < -0.39 is 24.3 Å². The fourth-order valence-electron chi connectivity index (χ4n) is 8.66. The van der Waals surface area contributed by atoms with Gasteiger partial charge in [0.15, 0.2) is 12.4 Å². The van der Waals surface area contributed by atoms with Crippen molar-refractivity contribution in [3.63, 3.8) is 0 Å². The molecule has 66 heavy (non-hydrogen) atoms. The summed E-state index contributed by atoms with van der Waals surface area (Å²) in [5, 5.41) is 11.8. The number of carbonyl (C=O) groups is 3. The van der Waals surface area contributed by atoms with E-state index >= 15 is 0 Å². The number of rotatable bonds is 54. The van der Waals surface area contributed by atoms with Crippen molar-refractivity contribution in [1.29, 1.82) is 0 Å². The number of carbonyl (C=O) groups excluding carboxylic acids is 3. The quantitative estimate of drug-likeness (QED) is 0.0257. The third kappa shape index (κ3) is 50.2. The summed E-state index contributed by atoms with van der Waals surface area (Å²) in [6, 6.07) is 0. The first-order valence-electron chi connectivity index (χ1n) is 28.7. The second-order valence-corrected chi connectivity index (χ2v) is 21.0. The molecule has 0 aromatic carbocycles. The average Bonchev–Trinajstić information content (AvgIpc) is 3.28. The number of likely N-dealkylation sites (N-methyl/N-ethyl adjacent to an activating group) is 1. The molecule has 0 aliphatic carbocycles. The monoisotopic (exact) mass is 938 g/mol. The van der Waals surface area contributed by atoms with E-state index in [-0.39, 0.29) is 32.2 Å². The van der Waals surface area contributed by atoms with Gasteiger partial charge in [0.1, 0.15) is 13.2 Å². The molecular formula is C57H111NO8. The molecule has 0 rings (SSSR count). The van der Waals surface area contributed by atoms with Crippen molar-refractivity contribution >= 4 is 17.9 Å². The number of hydrogen-bond acceptors (Lipinski definition) is 8. The van der Waals surface area contributed by atoms with E-state index in [9.17, 15) is 19.5 Å². The Kier molecular flexibility index (Phi) is 48.4. The van der Waals surface area contributed by atoms with Gasteiger partial charge in [0.25, 0.3) is 0 Å². The number of aliphatic carboxylic acids is 1. The lowest BCUT2D eigenvalue weighted by Gasteiger charge is -2.26. The highest BCUT2D eigenvalue weighted by atomic mass is 16.7. The van der Waals surface area contributed by atoms with E-state index in [0.29, 0.717) is 17.4 Å². The maximum Gasteiger partial charge on any atom is 0.306 e. The highest BCUT2D eigenvalue weighted by Crippen LogP contribution is 2.18. The second-order valence-electron chi connectivity index (χ2n) is 21.0. The molecule has 0 aromatic rings. The maximum absolute atomic E-state index is 12.8. The van der Waals surface area contributed by atoms with Crippen LogP contribution in [0.2, 0.25) is 0 Å². The molecule has 0 aliphatic rings. The Labute approximate surface area is 409 Å². The molecule has 392 valence electrons. The van der Waals surface area contributed by atoms with Crippen molar-refractivity contribution in [2.24, 2.45) is 0 Å². The van der Waals surface area contributed by atoms with Crippen LogP contribution in [0.3, 0.4) is 0 Å². The van der Waals surface area contributed by atoms with Gasteiger partial charge in [-0.3, -0.25) is 9.59 Å². The van der Waals surface area contributed by atoms with E-state index in [4.69, 9.17) is 18.9 Å². The number of esters is 2. The number of ether oxygens (including phenoxy) is 4. The van der Waals surface area contributed by atoms with Crippen LogP contribution < -0.4 is 5.11 Å². The van der Waals surface area contributed by atoms with Crippen LogP contribution in [0.25, 0.3) is 0 Å². The molecule has 0 N–H and O–H groups in total. The minimum atomic E-state index is -1.61. The van der Waals surface area contributed by atoms with E-state index in [2.05, 4.69) is 13.8 Å². The Morgan fingerprint density at radius 2 is 0.682 bits per heavy atom. The third-order valence-electron chi connectivity index (χ3n) is 13.1. The fourth-order valence-corrected chi connectivity index (χ4v) is 8.66. The molecule has 2 unspecified atom stereocenters. The number of carboxylic acids is 1. The van der Waals surface area contributed by atoms with Gasteiger partial charge in [-0.2, -0.15) is 0 Å². The summed E-state index contributed by atoms with van der Waals surface area (Å²) >= 11 is 0. The summed E-state index contributed by atoms with van der Waals surface area (Å²) in [7, 11) is 5.93. The zero-order valence-corrected chi connectivity index (χ0v) is 44.6. The van der Waals surface area contributed by atoms with Crippen molar-refractivity contribution in [2.45, 2.75) is 302 Å². The van der Waals surface area contributed by atoms with Gasteiger partial charge in [0, 0.05) is 12.8 Å². The summed E-state index contributed by atoms with van der Waals surface area (Å²) in [6.45, 7) is 4.82. The first kappa shape index (κ1) is 64.3. The Hall–Kier alpha value is -1.71. The number of quaternary nitrogens is 1. The minimum Gasteiger partial charge on any atom is -0.545 e.